The van der Waals surface area contributed by atoms with Crippen LogP contribution >= 0.6 is 0 Å². The first-order valence-corrected chi connectivity index (χ1v) is 7.64. The van der Waals surface area contributed by atoms with E-state index in [1.807, 2.05) is 0 Å². The third-order valence-corrected chi connectivity index (χ3v) is 4.48. The van der Waals surface area contributed by atoms with E-state index in [4.69, 9.17) is 0 Å². The number of amides is 1. The summed E-state index contributed by atoms with van der Waals surface area (Å²) in [6.45, 7) is 4.98. The molecule has 2 fully saturated rings. The Morgan fingerprint density at radius 1 is 1.23 bits per heavy atom. The summed E-state index contributed by atoms with van der Waals surface area (Å²) >= 11 is 0. The molecule has 0 radical (unpaired) electrons. The van der Waals surface area contributed by atoms with Gasteiger partial charge in [0.25, 0.3) is 11.6 Å². The molecule has 7 heteroatoms. The van der Waals surface area contributed by atoms with E-state index in [1.165, 1.54) is 12.1 Å². The maximum Gasteiger partial charge on any atom is 0.282 e. The number of nitro groups is 1. The first-order valence-electron chi connectivity index (χ1n) is 7.64. The quantitative estimate of drug-likeness (QED) is 0.657. The van der Waals surface area contributed by atoms with E-state index in [2.05, 4.69) is 10.2 Å². The molecule has 1 amide bonds. The van der Waals surface area contributed by atoms with Gasteiger partial charge in [0.15, 0.2) is 0 Å². The summed E-state index contributed by atoms with van der Waals surface area (Å²) in [4.78, 5) is 27.2. The zero-order chi connectivity index (χ0) is 15.5. The number of carbonyl (C=O) groups excluding carboxylic acids is 1. The highest BCUT2D eigenvalue weighted by Gasteiger charge is 2.30. The van der Waals surface area contributed by atoms with Crippen molar-refractivity contribution >= 4 is 11.6 Å². The van der Waals surface area contributed by atoms with E-state index < -0.39 is 4.92 Å². The number of rotatable bonds is 3. The molecule has 1 atom stereocenters. The van der Waals surface area contributed by atoms with Gasteiger partial charge in [-0.3, -0.25) is 19.8 Å². The summed E-state index contributed by atoms with van der Waals surface area (Å²) in [6.07, 6.45) is 1.15. The molecule has 7 nitrogen and oxygen atoms in total. The van der Waals surface area contributed by atoms with Gasteiger partial charge in [-0.25, -0.2) is 0 Å². The van der Waals surface area contributed by atoms with Crippen LogP contribution in [0.15, 0.2) is 24.3 Å². The highest BCUT2D eigenvalue weighted by atomic mass is 16.6. The normalized spacial score (nSPS) is 22.7. The topological polar surface area (TPSA) is 78.7 Å². The molecule has 0 bridgehead atoms. The number of para-hydroxylation sites is 1. The van der Waals surface area contributed by atoms with Crippen molar-refractivity contribution in [3.05, 3.63) is 39.9 Å². The van der Waals surface area contributed by atoms with Crippen molar-refractivity contribution in [1.82, 2.24) is 15.1 Å². The Morgan fingerprint density at radius 3 is 2.59 bits per heavy atom. The second kappa shape index (κ2) is 6.41. The molecule has 118 valence electrons. The highest BCUT2D eigenvalue weighted by molar-refractivity contribution is 5.98. The molecule has 2 saturated heterocycles. The first-order chi connectivity index (χ1) is 10.7. The van der Waals surface area contributed by atoms with Crippen molar-refractivity contribution in [2.24, 2.45) is 0 Å². The summed E-state index contributed by atoms with van der Waals surface area (Å²) in [7, 11) is 0. The van der Waals surface area contributed by atoms with Crippen molar-refractivity contribution in [3.63, 3.8) is 0 Å². The van der Waals surface area contributed by atoms with Crippen molar-refractivity contribution in [3.8, 4) is 0 Å². The number of nitrogens with zero attached hydrogens (tertiary/aromatic N) is 3. The Morgan fingerprint density at radius 2 is 1.95 bits per heavy atom. The van der Waals surface area contributed by atoms with Crippen LogP contribution in [-0.4, -0.2) is 65.9 Å². The highest BCUT2D eigenvalue weighted by Crippen LogP contribution is 2.21. The van der Waals surface area contributed by atoms with Crippen LogP contribution in [0.2, 0.25) is 0 Å². The minimum atomic E-state index is -0.492. The van der Waals surface area contributed by atoms with Crippen LogP contribution < -0.4 is 5.32 Å². The maximum atomic E-state index is 12.5. The van der Waals surface area contributed by atoms with Gasteiger partial charge in [-0.2, -0.15) is 0 Å². The van der Waals surface area contributed by atoms with Crippen molar-refractivity contribution in [2.45, 2.75) is 12.5 Å². The van der Waals surface area contributed by atoms with Gasteiger partial charge >= 0.3 is 0 Å². The van der Waals surface area contributed by atoms with Gasteiger partial charge in [-0.1, -0.05) is 12.1 Å². The van der Waals surface area contributed by atoms with Crippen molar-refractivity contribution < 1.29 is 9.72 Å². The Hall–Kier alpha value is -1.99. The SMILES string of the molecule is O=C(c1ccccc1[N+](=O)[O-])N1CCN(C2CCNC2)CC1. The van der Waals surface area contributed by atoms with Gasteiger partial charge in [0.1, 0.15) is 5.56 Å². The van der Waals surface area contributed by atoms with Crippen molar-refractivity contribution in [1.29, 1.82) is 0 Å². The fraction of sp³-hybridized carbons (Fsp3) is 0.533. The number of nitrogens with one attached hydrogen (secondary N) is 1. The standard InChI is InChI=1S/C15H20N4O3/c20-15(13-3-1-2-4-14(13)19(21)22)18-9-7-17(8-10-18)12-5-6-16-11-12/h1-4,12,16H,5-11H2. The molecule has 3 rings (SSSR count). The lowest BCUT2D eigenvalue weighted by Gasteiger charge is -2.37. The fourth-order valence-electron chi connectivity index (χ4n) is 3.23. The van der Waals surface area contributed by atoms with Gasteiger partial charge in [0.05, 0.1) is 4.92 Å². The van der Waals surface area contributed by atoms with Crippen LogP contribution in [0.3, 0.4) is 0 Å². The van der Waals surface area contributed by atoms with Crippen LogP contribution in [0.4, 0.5) is 5.69 Å². The lowest BCUT2D eigenvalue weighted by atomic mass is 10.1. The summed E-state index contributed by atoms with van der Waals surface area (Å²) in [5.41, 5.74) is 0.0680. The smallest absolute Gasteiger partial charge is 0.282 e. The summed E-state index contributed by atoms with van der Waals surface area (Å²) in [5, 5.41) is 14.4. The molecule has 0 saturated carbocycles. The van der Waals surface area contributed by atoms with Crippen LogP contribution in [-0.2, 0) is 0 Å². The number of hydrogen-bond acceptors (Lipinski definition) is 5. The van der Waals surface area contributed by atoms with Crippen molar-refractivity contribution in [2.75, 3.05) is 39.3 Å². The van der Waals surface area contributed by atoms with E-state index in [0.717, 1.165) is 32.6 Å². The minimum Gasteiger partial charge on any atom is -0.336 e. The van der Waals surface area contributed by atoms with Gasteiger partial charge in [-0.15, -0.1) is 0 Å². The largest absolute Gasteiger partial charge is 0.336 e. The van der Waals surface area contributed by atoms with E-state index in [0.29, 0.717) is 19.1 Å². The summed E-state index contributed by atoms with van der Waals surface area (Å²) in [5.74, 6) is -0.239. The van der Waals surface area contributed by atoms with Crippen LogP contribution in [0.25, 0.3) is 0 Å². The van der Waals surface area contributed by atoms with Gasteiger partial charge in [0.2, 0.25) is 0 Å². The number of nitro benzene ring substituents is 1. The number of carbonyl (C=O) groups is 1. The number of piperazine rings is 1. The van der Waals surface area contributed by atoms with Gasteiger partial charge < -0.3 is 10.2 Å². The maximum absolute atomic E-state index is 12.5. The molecule has 2 aliphatic rings. The predicted molar refractivity (Wildman–Crippen MR) is 81.8 cm³/mol. The van der Waals surface area contributed by atoms with Crippen LogP contribution in [0.1, 0.15) is 16.8 Å². The van der Waals surface area contributed by atoms with E-state index in [9.17, 15) is 14.9 Å². The molecule has 2 heterocycles. The summed E-state index contributed by atoms with van der Waals surface area (Å²) in [6, 6.07) is 6.73. The zero-order valence-corrected chi connectivity index (χ0v) is 12.4. The Balaban J connectivity index is 1.66. The molecule has 1 unspecified atom stereocenters. The Labute approximate surface area is 129 Å². The van der Waals surface area contributed by atoms with Gasteiger partial charge in [-0.05, 0) is 19.0 Å². The molecular formula is C15H20N4O3. The molecule has 1 aromatic rings. The summed E-state index contributed by atoms with van der Waals surface area (Å²) < 4.78 is 0. The molecule has 0 aliphatic carbocycles. The van der Waals surface area contributed by atoms with E-state index in [1.54, 1.807) is 17.0 Å². The average molecular weight is 304 g/mol. The zero-order valence-electron chi connectivity index (χ0n) is 12.4. The molecule has 1 N–H and O–H groups in total. The predicted octanol–water partition coefficient (Wildman–Crippen LogP) is 0.714. The number of hydrogen-bond donors (Lipinski definition) is 1. The van der Waals surface area contributed by atoms with Crippen LogP contribution in [0, 0.1) is 10.1 Å². The molecule has 22 heavy (non-hydrogen) atoms. The average Bonchev–Trinajstić information content (AvgIpc) is 3.09. The molecule has 2 aliphatic heterocycles. The third-order valence-electron chi connectivity index (χ3n) is 4.48. The van der Waals surface area contributed by atoms with E-state index >= 15 is 0 Å². The lowest BCUT2D eigenvalue weighted by Crippen LogP contribution is -2.52. The molecule has 1 aromatic carbocycles. The van der Waals surface area contributed by atoms with E-state index in [-0.39, 0.29) is 17.2 Å². The fourth-order valence-corrected chi connectivity index (χ4v) is 3.23. The second-order valence-electron chi connectivity index (χ2n) is 5.75. The molecule has 0 aromatic heterocycles. The monoisotopic (exact) mass is 304 g/mol. The minimum absolute atomic E-state index is 0.116. The van der Waals surface area contributed by atoms with Gasteiger partial charge in [0, 0.05) is 44.8 Å². The Bertz CT molecular complexity index is 564. The second-order valence-corrected chi connectivity index (χ2v) is 5.75. The third kappa shape index (κ3) is 2.95. The van der Waals surface area contributed by atoms with Crippen LogP contribution in [0.5, 0.6) is 0 Å². The molecular weight excluding hydrogens is 284 g/mol. The number of benzene rings is 1. The lowest BCUT2D eigenvalue weighted by molar-refractivity contribution is -0.385. The molecule has 0 spiro atoms. The Kier molecular flexibility index (Phi) is 4.35. The first kappa shape index (κ1) is 14.9.